The van der Waals surface area contributed by atoms with Crippen LogP contribution in [0.4, 0.5) is 10.7 Å². The standard InChI is InChI=1S/C29H34N2O3S/c1-3-4-5-9-18-34-23-15-13-22(14-16-23)30-28(33)26-24-17-12-20(2)19-25(24)35-29(26)31-27(32)21-10-7-6-8-11-21/h6-8,10-11,13-16,20H,3-5,9,12,17-19H2,1-2H3,(H,30,33)(H,31,32). The normalized spacial score (nSPS) is 14.7. The SMILES string of the molecule is CCCCCCOc1ccc(NC(=O)c2c(NC(=O)c3ccccc3)sc3c2CCC(C)C3)cc1. The van der Waals surface area contributed by atoms with Crippen molar-refractivity contribution in [1.82, 2.24) is 0 Å². The summed E-state index contributed by atoms with van der Waals surface area (Å²) >= 11 is 1.53. The van der Waals surface area contributed by atoms with Gasteiger partial charge in [-0.25, -0.2) is 0 Å². The quantitative estimate of drug-likeness (QED) is 0.292. The van der Waals surface area contributed by atoms with Gasteiger partial charge in [-0.3, -0.25) is 9.59 Å². The summed E-state index contributed by atoms with van der Waals surface area (Å²) in [6.07, 6.45) is 7.49. The van der Waals surface area contributed by atoms with Crippen molar-refractivity contribution in [3.05, 3.63) is 76.2 Å². The minimum Gasteiger partial charge on any atom is -0.494 e. The maximum atomic E-state index is 13.4. The van der Waals surface area contributed by atoms with Gasteiger partial charge in [0.05, 0.1) is 12.2 Å². The summed E-state index contributed by atoms with van der Waals surface area (Å²) in [6, 6.07) is 16.6. The number of carbonyl (C=O) groups excluding carboxylic acids is 2. The van der Waals surface area contributed by atoms with Gasteiger partial charge in [0, 0.05) is 16.1 Å². The summed E-state index contributed by atoms with van der Waals surface area (Å²) in [5.41, 5.74) is 2.94. The smallest absolute Gasteiger partial charge is 0.258 e. The maximum absolute atomic E-state index is 13.4. The van der Waals surface area contributed by atoms with Gasteiger partial charge in [0.1, 0.15) is 10.8 Å². The van der Waals surface area contributed by atoms with Gasteiger partial charge in [-0.1, -0.05) is 51.3 Å². The van der Waals surface area contributed by atoms with E-state index in [4.69, 9.17) is 4.74 Å². The predicted molar refractivity (Wildman–Crippen MR) is 144 cm³/mol. The van der Waals surface area contributed by atoms with E-state index in [1.807, 2.05) is 42.5 Å². The third-order valence-corrected chi connectivity index (χ3v) is 7.55. The molecule has 1 heterocycles. The van der Waals surface area contributed by atoms with Crippen molar-refractivity contribution in [3.8, 4) is 5.75 Å². The van der Waals surface area contributed by atoms with Crippen molar-refractivity contribution in [2.45, 2.75) is 58.8 Å². The molecule has 6 heteroatoms. The Kier molecular flexibility index (Phi) is 8.59. The number of benzene rings is 2. The first-order valence-corrected chi connectivity index (χ1v) is 13.4. The molecule has 0 fully saturated rings. The summed E-state index contributed by atoms with van der Waals surface area (Å²) in [6.45, 7) is 5.13. The van der Waals surface area contributed by atoms with Crippen molar-refractivity contribution in [1.29, 1.82) is 0 Å². The second kappa shape index (κ2) is 12.0. The fraction of sp³-hybridized carbons (Fsp3) is 0.379. The molecule has 1 atom stereocenters. The fourth-order valence-electron chi connectivity index (χ4n) is 4.39. The number of ether oxygens (including phenoxy) is 1. The average Bonchev–Trinajstić information content (AvgIpc) is 3.22. The van der Waals surface area contributed by atoms with Crippen molar-refractivity contribution in [3.63, 3.8) is 0 Å². The summed E-state index contributed by atoms with van der Waals surface area (Å²) in [5, 5.41) is 6.67. The molecule has 0 spiro atoms. The van der Waals surface area contributed by atoms with Crippen LogP contribution in [-0.4, -0.2) is 18.4 Å². The molecule has 0 aliphatic heterocycles. The Morgan fingerprint density at radius 1 is 0.971 bits per heavy atom. The molecule has 0 saturated heterocycles. The Morgan fingerprint density at radius 2 is 1.74 bits per heavy atom. The Bertz CT molecular complexity index is 1140. The van der Waals surface area contributed by atoms with E-state index in [2.05, 4.69) is 24.5 Å². The van der Waals surface area contributed by atoms with Gasteiger partial charge >= 0.3 is 0 Å². The molecule has 0 radical (unpaired) electrons. The first kappa shape index (κ1) is 25.0. The van der Waals surface area contributed by atoms with E-state index in [1.165, 1.54) is 35.5 Å². The third kappa shape index (κ3) is 6.51. The second-order valence-electron chi connectivity index (χ2n) is 9.26. The highest BCUT2D eigenvalue weighted by molar-refractivity contribution is 7.17. The summed E-state index contributed by atoms with van der Waals surface area (Å²) in [7, 11) is 0. The Hall–Kier alpha value is -3.12. The number of rotatable bonds is 10. The van der Waals surface area contributed by atoms with Gasteiger partial charge in [-0.2, -0.15) is 0 Å². The molecular formula is C29H34N2O3S. The van der Waals surface area contributed by atoms with Gasteiger partial charge < -0.3 is 15.4 Å². The van der Waals surface area contributed by atoms with Crippen LogP contribution in [0.15, 0.2) is 54.6 Å². The minimum absolute atomic E-state index is 0.186. The Morgan fingerprint density at radius 3 is 2.49 bits per heavy atom. The minimum atomic E-state index is -0.202. The lowest BCUT2D eigenvalue weighted by Crippen LogP contribution is -2.19. The van der Waals surface area contributed by atoms with Crippen LogP contribution in [-0.2, 0) is 12.8 Å². The number of fused-ring (bicyclic) bond motifs is 1. The molecule has 1 aromatic heterocycles. The molecule has 0 bridgehead atoms. The van der Waals surface area contributed by atoms with E-state index in [-0.39, 0.29) is 11.8 Å². The van der Waals surface area contributed by atoms with E-state index in [0.717, 1.165) is 37.0 Å². The monoisotopic (exact) mass is 490 g/mol. The lowest BCUT2D eigenvalue weighted by atomic mass is 9.88. The summed E-state index contributed by atoms with van der Waals surface area (Å²) in [4.78, 5) is 27.5. The van der Waals surface area contributed by atoms with Crippen molar-refractivity contribution in [2.24, 2.45) is 5.92 Å². The highest BCUT2D eigenvalue weighted by atomic mass is 32.1. The Balaban J connectivity index is 1.48. The van der Waals surface area contributed by atoms with Crippen molar-refractivity contribution in [2.75, 3.05) is 17.2 Å². The molecule has 2 amide bonds. The second-order valence-corrected chi connectivity index (χ2v) is 10.4. The number of carbonyl (C=O) groups is 2. The van der Waals surface area contributed by atoms with E-state index in [1.54, 1.807) is 12.1 Å². The number of hydrogen-bond donors (Lipinski definition) is 2. The third-order valence-electron chi connectivity index (χ3n) is 6.38. The van der Waals surface area contributed by atoms with Crippen LogP contribution in [0.5, 0.6) is 5.75 Å². The van der Waals surface area contributed by atoms with E-state index < -0.39 is 0 Å². The molecule has 2 N–H and O–H groups in total. The average molecular weight is 491 g/mol. The molecule has 1 aliphatic carbocycles. The van der Waals surface area contributed by atoms with Crippen molar-refractivity contribution < 1.29 is 14.3 Å². The highest BCUT2D eigenvalue weighted by Gasteiger charge is 2.28. The van der Waals surface area contributed by atoms with Gasteiger partial charge in [0.2, 0.25) is 0 Å². The molecule has 1 unspecified atom stereocenters. The van der Waals surface area contributed by atoms with Gasteiger partial charge in [0.15, 0.2) is 0 Å². The molecule has 1 aliphatic rings. The topological polar surface area (TPSA) is 67.4 Å². The van der Waals surface area contributed by atoms with Crippen molar-refractivity contribution >= 4 is 33.8 Å². The molecule has 5 nitrogen and oxygen atoms in total. The maximum Gasteiger partial charge on any atom is 0.258 e. The van der Waals surface area contributed by atoms with E-state index in [0.29, 0.717) is 34.3 Å². The lowest BCUT2D eigenvalue weighted by Gasteiger charge is -2.18. The lowest BCUT2D eigenvalue weighted by molar-refractivity contribution is 0.102. The first-order chi connectivity index (χ1) is 17.0. The summed E-state index contributed by atoms with van der Waals surface area (Å²) < 4.78 is 5.82. The molecule has 184 valence electrons. The van der Waals surface area contributed by atoms with Crippen LogP contribution in [0.3, 0.4) is 0 Å². The zero-order valence-corrected chi connectivity index (χ0v) is 21.4. The number of anilines is 2. The number of nitrogens with one attached hydrogen (secondary N) is 2. The number of amides is 2. The predicted octanol–water partition coefficient (Wildman–Crippen LogP) is 7.34. The van der Waals surface area contributed by atoms with Crippen LogP contribution in [0.25, 0.3) is 0 Å². The van der Waals surface area contributed by atoms with E-state index in [9.17, 15) is 9.59 Å². The molecule has 2 aromatic carbocycles. The van der Waals surface area contributed by atoms with Gasteiger partial charge in [-0.05, 0) is 73.6 Å². The molecule has 3 aromatic rings. The summed E-state index contributed by atoms with van der Waals surface area (Å²) in [5.74, 6) is 0.988. The molecular weight excluding hydrogens is 456 g/mol. The molecule has 0 saturated carbocycles. The zero-order chi connectivity index (χ0) is 24.6. The highest BCUT2D eigenvalue weighted by Crippen LogP contribution is 2.40. The van der Waals surface area contributed by atoms with Crippen LogP contribution in [0, 0.1) is 5.92 Å². The van der Waals surface area contributed by atoms with Gasteiger partial charge in [0.25, 0.3) is 11.8 Å². The fourth-order valence-corrected chi connectivity index (χ4v) is 5.79. The number of unbranched alkanes of at least 4 members (excludes halogenated alkanes) is 3. The zero-order valence-electron chi connectivity index (χ0n) is 20.6. The van der Waals surface area contributed by atoms with Crippen LogP contribution >= 0.6 is 11.3 Å². The largest absolute Gasteiger partial charge is 0.494 e. The number of thiophene rings is 1. The van der Waals surface area contributed by atoms with E-state index >= 15 is 0 Å². The first-order valence-electron chi connectivity index (χ1n) is 12.6. The number of hydrogen-bond acceptors (Lipinski definition) is 4. The van der Waals surface area contributed by atoms with Gasteiger partial charge in [-0.15, -0.1) is 11.3 Å². The Labute approximate surface area is 211 Å². The van der Waals surface area contributed by atoms with Crippen LogP contribution in [0.2, 0.25) is 0 Å². The molecule has 35 heavy (non-hydrogen) atoms. The van der Waals surface area contributed by atoms with Crippen LogP contribution in [0.1, 0.15) is 77.1 Å². The van der Waals surface area contributed by atoms with Crippen LogP contribution < -0.4 is 15.4 Å². The molecule has 4 rings (SSSR count).